The highest BCUT2D eigenvalue weighted by Gasteiger charge is 2.53. The Labute approximate surface area is 204 Å². The number of nitrogens with one attached hydrogen (secondary N) is 1. The molecule has 1 aliphatic carbocycles. The van der Waals surface area contributed by atoms with Gasteiger partial charge in [-0.2, -0.15) is 0 Å². The van der Waals surface area contributed by atoms with E-state index in [1.165, 1.54) is 12.1 Å². The van der Waals surface area contributed by atoms with E-state index < -0.39 is 23.2 Å². The van der Waals surface area contributed by atoms with Crippen molar-refractivity contribution in [2.45, 2.75) is 44.1 Å². The highest BCUT2D eigenvalue weighted by atomic mass is 79.9. The number of carbonyl (C=O) groups is 1. The minimum Gasteiger partial charge on any atom is -0.365 e. The molecular formula is C26H24BrF2N3O2. The molecule has 0 bridgehead atoms. The summed E-state index contributed by atoms with van der Waals surface area (Å²) in [6.45, 7) is 1.69. The number of halogens is 3. The number of carbonyl (C=O) groups excluding carboxylic acids is 1. The maximum Gasteiger partial charge on any atom is 0.230 e. The number of amides is 1. The zero-order valence-corrected chi connectivity index (χ0v) is 20.1. The van der Waals surface area contributed by atoms with Crippen molar-refractivity contribution in [1.29, 1.82) is 0 Å². The number of aromatic nitrogens is 1. The molecule has 1 N–H and O–H groups in total. The SMILES string of the molecule is O=C([C@H]1CNCC[C@@]12OCc1cc(F)c(F)cc12)N(Cc1cc(Br)cc2cccnc12)C1CC1. The fourth-order valence-electron chi connectivity index (χ4n) is 5.53. The summed E-state index contributed by atoms with van der Waals surface area (Å²) in [5.74, 6) is -2.33. The minimum absolute atomic E-state index is 0.0173. The molecule has 176 valence electrons. The zero-order chi connectivity index (χ0) is 23.4. The highest BCUT2D eigenvalue weighted by molar-refractivity contribution is 9.10. The van der Waals surface area contributed by atoms with E-state index in [1.54, 1.807) is 6.20 Å². The van der Waals surface area contributed by atoms with E-state index in [-0.39, 0.29) is 18.6 Å². The smallest absolute Gasteiger partial charge is 0.230 e. The van der Waals surface area contributed by atoms with Crippen LogP contribution in [0.1, 0.15) is 36.0 Å². The van der Waals surface area contributed by atoms with Crippen LogP contribution < -0.4 is 5.32 Å². The van der Waals surface area contributed by atoms with Gasteiger partial charge in [-0.1, -0.05) is 22.0 Å². The summed E-state index contributed by atoms with van der Waals surface area (Å²) in [6.07, 6.45) is 4.20. The van der Waals surface area contributed by atoms with Gasteiger partial charge in [-0.15, -0.1) is 0 Å². The Balaban J connectivity index is 1.38. The summed E-state index contributed by atoms with van der Waals surface area (Å²) in [4.78, 5) is 20.6. The maximum atomic E-state index is 14.3. The van der Waals surface area contributed by atoms with Crippen LogP contribution in [-0.2, 0) is 28.3 Å². The van der Waals surface area contributed by atoms with Gasteiger partial charge in [0, 0.05) is 35.2 Å². The van der Waals surface area contributed by atoms with Crippen LogP contribution in [0.4, 0.5) is 8.78 Å². The van der Waals surface area contributed by atoms with Crippen LogP contribution in [-0.4, -0.2) is 34.9 Å². The first-order chi connectivity index (χ1) is 16.5. The van der Waals surface area contributed by atoms with Crippen molar-refractivity contribution in [1.82, 2.24) is 15.2 Å². The Morgan fingerprint density at radius 3 is 2.88 bits per heavy atom. The van der Waals surface area contributed by atoms with E-state index in [0.717, 1.165) is 33.8 Å². The number of ether oxygens (including phenoxy) is 1. The largest absolute Gasteiger partial charge is 0.365 e. The molecule has 2 fully saturated rings. The molecule has 1 spiro atoms. The standard InChI is InChI=1S/C26H24BrF2N3O2/c27-18-8-15-2-1-6-31-24(15)16(9-18)13-32(19-3-4-19)25(33)21-12-30-7-5-26(21)20-11-23(29)22(28)10-17(20)14-34-26/h1-2,6,8-11,19,21,30H,3-5,7,12-14H2/t21-,26+/m1/s1. The molecule has 3 aliphatic rings. The molecule has 3 heterocycles. The fourth-order valence-corrected chi connectivity index (χ4v) is 6.06. The zero-order valence-electron chi connectivity index (χ0n) is 18.5. The average Bonchev–Trinajstić information content (AvgIpc) is 3.62. The molecule has 2 aromatic carbocycles. The highest BCUT2D eigenvalue weighted by Crippen LogP contribution is 2.48. The molecular weight excluding hydrogens is 504 g/mol. The second-order valence-electron chi connectivity index (χ2n) is 9.45. The fraction of sp³-hybridized carbons (Fsp3) is 0.385. The topological polar surface area (TPSA) is 54.5 Å². The molecule has 8 heteroatoms. The van der Waals surface area contributed by atoms with Crippen LogP contribution in [0.5, 0.6) is 0 Å². The number of fused-ring (bicyclic) bond motifs is 3. The van der Waals surface area contributed by atoms with E-state index in [9.17, 15) is 13.6 Å². The predicted molar refractivity (Wildman–Crippen MR) is 127 cm³/mol. The Morgan fingerprint density at radius 1 is 1.24 bits per heavy atom. The third-order valence-corrected chi connectivity index (χ3v) is 7.79. The van der Waals surface area contributed by atoms with Gasteiger partial charge in [-0.3, -0.25) is 9.78 Å². The van der Waals surface area contributed by atoms with Crippen molar-refractivity contribution in [2.75, 3.05) is 13.1 Å². The number of nitrogens with zero attached hydrogens (tertiary/aromatic N) is 2. The van der Waals surface area contributed by atoms with Crippen molar-refractivity contribution in [3.05, 3.63) is 75.4 Å². The van der Waals surface area contributed by atoms with Gasteiger partial charge in [0.25, 0.3) is 0 Å². The van der Waals surface area contributed by atoms with Gasteiger partial charge in [0.05, 0.1) is 18.0 Å². The Kier molecular flexibility index (Phi) is 5.43. The van der Waals surface area contributed by atoms with Gasteiger partial charge in [0.2, 0.25) is 5.91 Å². The number of pyridine rings is 1. The van der Waals surface area contributed by atoms with Crippen LogP contribution in [0.25, 0.3) is 10.9 Å². The van der Waals surface area contributed by atoms with Crippen molar-refractivity contribution in [3.8, 4) is 0 Å². The molecule has 1 saturated carbocycles. The lowest BCUT2D eigenvalue weighted by Gasteiger charge is -2.43. The number of rotatable bonds is 4. The molecule has 6 rings (SSSR count). The van der Waals surface area contributed by atoms with Gasteiger partial charge in [-0.05, 0) is 72.8 Å². The van der Waals surface area contributed by atoms with Crippen molar-refractivity contribution in [2.24, 2.45) is 5.92 Å². The number of benzene rings is 2. The quantitative estimate of drug-likeness (QED) is 0.529. The first-order valence-electron chi connectivity index (χ1n) is 11.6. The summed E-state index contributed by atoms with van der Waals surface area (Å²) in [7, 11) is 0. The molecule has 2 atom stereocenters. The van der Waals surface area contributed by atoms with Crippen molar-refractivity contribution in [3.63, 3.8) is 0 Å². The van der Waals surface area contributed by atoms with E-state index >= 15 is 0 Å². The number of hydrogen-bond acceptors (Lipinski definition) is 4. The molecule has 5 nitrogen and oxygen atoms in total. The predicted octanol–water partition coefficient (Wildman–Crippen LogP) is 4.80. The van der Waals surface area contributed by atoms with E-state index in [2.05, 4.69) is 26.2 Å². The second-order valence-corrected chi connectivity index (χ2v) is 10.4. The summed E-state index contributed by atoms with van der Waals surface area (Å²) < 4.78 is 35.3. The number of hydrogen-bond donors (Lipinski definition) is 1. The molecule has 34 heavy (non-hydrogen) atoms. The molecule has 1 aromatic heterocycles. The molecule has 2 aliphatic heterocycles. The molecule has 1 amide bonds. The van der Waals surface area contributed by atoms with E-state index in [4.69, 9.17) is 4.74 Å². The van der Waals surface area contributed by atoms with Gasteiger partial charge in [0.1, 0.15) is 5.60 Å². The Morgan fingerprint density at radius 2 is 2.06 bits per heavy atom. The summed E-state index contributed by atoms with van der Waals surface area (Å²) in [6, 6.07) is 10.6. The van der Waals surface area contributed by atoms with Gasteiger partial charge in [-0.25, -0.2) is 8.78 Å². The molecule has 3 aromatic rings. The first kappa shape index (κ1) is 22.1. The van der Waals surface area contributed by atoms with Crippen molar-refractivity contribution < 1.29 is 18.3 Å². The molecule has 0 unspecified atom stereocenters. The van der Waals surface area contributed by atoms with Gasteiger partial charge >= 0.3 is 0 Å². The van der Waals surface area contributed by atoms with Crippen LogP contribution in [0, 0.1) is 17.6 Å². The van der Waals surface area contributed by atoms with E-state index in [1.807, 2.05) is 29.2 Å². The van der Waals surface area contributed by atoms with Crippen molar-refractivity contribution >= 4 is 32.7 Å². The second kappa shape index (κ2) is 8.36. The first-order valence-corrected chi connectivity index (χ1v) is 12.4. The molecule has 0 radical (unpaired) electrons. The van der Waals surface area contributed by atoms with Gasteiger partial charge < -0.3 is 15.0 Å². The third-order valence-electron chi connectivity index (χ3n) is 7.33. The van der Waals surface area contributed by atoms with Crippen LogP contribution >= 0.6 is 15.9 Å². The normalized spacial score (nSPS) is 23.9. The summed E-state index contributed by atoms with van der Waals surface area (Å²) in [5.41, 5.74) is 2.14. The lowest BCUT2D eigenvalue weighted by atomic mass is 9.75. The van der Waals surface area contributed by atoms with Crippen LogP contribution in [0.3, 0.4) is 0 Å². The van der Waals surface area contributed by atoms with Crippen LogP contribution in [0.15, 0.2) is 47.1 Å². The number of piperidine rings is 1. The molecule has 1 saturated heterocycles. The lowest BCUT2D eigenvalue weighted by Crippen LogP contribution is -2.55. The monoisotopic (exact) mass is 527 g/mol. The minimum atomic E-state index is -0.947. The van der Waals surface area contributed by atoms with E-state index in [0.29, 0.717) is 37.2 Å². The lowest BCUT2D eigenvalue weighted by molar-refractivity contribution is -0.157. The maximum absolute atomic E-state index is 14.3. The summed E-state index contributed by atoms with van der Waals surface area (Å²) >= 11 is 3.59. The van der Waals surface area contributed by atoms with Crippen LogP contribution in [0.2, 0.25) is 0 Å². The third kappa shape index (κ3) is 3.63. The average molecular weight is 528 g/mol. The Bertz CT molecular complexity index is 1300. The summed E-state index contributed by atoms with van der Waals surface area (Å²) in [5, 5.41) is 4.34. The Hall–Kier alpha value is -2.42. The van der Waals surface area contributed by atoms with Gasteiger partial charge in [0.15, 0.2) is 11.6 Å².